The van der Waals surface area contributed by atoms with Gasteiger partial charge in [0.2, 0.25) is 15.9 Å². The number of halogens is 3. The minimum Gasteiger partial charge on any atom is -0.323 e. The molecule has 8 nitrogen and oxygen atoms in total. The minimum atomic E-state index is -4.02. The molecule has 0 spiro atoms. The molecule has 1 aliphatic rings. The second-order valence-electron chi connectivity index (χ2n) is 6.66. The van der Waals surface area contributed by atoms with Gasteiger partial charge in [0.1, 0.15) is 16.7 Å². The summed E-state index contributed by atoms with van der Waals surface area (Å²) in [6.45, 7) is 0.00544. The standard InChI is InChI=1S/C18H16ClF2N3O5S/c19-14-3-2-13(10-17(14)24(26)27)30(28,29)23-7-5-11(6-8-23)18(25)22-16-4-1-12(20)9-15(16)21/h1-4,9-11H,5-8H2,(H,22,25). The van der Waals surface area contributed by atoms with Gasteiger partial charge in [-0.25, -0.2) is 17.2 Å². The summed E-state index contributed by atoms with van der Waals surface area (Å²) in [5.74, 6) is -2.75. The van der Waals surface area contributed by atoms with E-state index >= 15 is 0 Å². The normalized spacial score (nSPS) is 15.7. The van der Waals surface area contributed by atoms with E-state index in [1.165, 1.54) is 6.07 Å². The number of hydrogen-bond acceptors (Lipinski definition) is 5. The van der Waals surface area contributed by atoms with E-state index < -0.39 is 44.1 Å². The lowest BCUT2D eigenvalue weighted by molar-refractivity contribution is -0.384. The van der Waals surface area contributed by atoms with E-state index in [2.05, 4.69) is 5.32 Å². The van der Waals surface area contributed by atoms with E-state index in [4.69, 9.17) is 11.6 Å². The third kappa shape index (κ3) is 4.58. The number of nitrogens with zero attached hydrogens (tertiary/aromatic N) is 2. The maximum Gasteiger partial charge on any atom is 0.289 e. The fourth-order valence-electron chi connectivity index (χ4n) is 3.13. The zero-order chi connectivity index (χ0) is 22.1. The van der Waals surface area contributed by atoms with Crippen molar-refractivity contribution in [1.82, 2.24) is 4.31 Å². The van der Waals surface area contributed by atoms with E-state index in [0.717, 1.165) is 28.6 Å². The fraction of sp³-hybridized carbons (Fsp3) is 0.278. The molecule has 2 aromatic carbocycles. The predicted octanol–water partition coefficient (Wildman–Crippen LogP) is 3.57. The molecule has 2 aromatic rings. The molecule has 0 radical (unpaired) electrons. The average Bonchev–Trinajstić information content (AvgIpc) is 2.70. The Morgan fingerprint density at radius 2 is 1.83 bits per heavy atom. The molecule has 3 rings (SSSR count). The van der Waals surface area contributed by atoms with Crippen molar-refractivity contribution in [3.63, 3.8) is 0 Å². The lowest BCUT2D eigenvalue weighted by Gasteiger charge is -2.30. The Morgan fingerprint density at radius 3 is 2.43 bits per heavy atom. The average molecular weight is 460 g/mol. The Kier molecular flexibility index (Phi) is 6.34. The Bertz CT molecular complexity index is 1100. The number of sulfonamides is 1. The van der Waals surface area contributed by atoms with Crippen molar-refractivity contribution in [2.24, 2.45) is 5.92 Å². The number of nitrogens with one attached hydrogen (secondary N) is 1. The summed E-state index contributed by atoms with van der Waals surface area (Å²) < 4.78 is 53.4. The van der Waals surface area contributed by atoms with Gasteiger partial charge in [0.25, 0.3) is 5.69 Å². The van der Waals surface area contributed by atoms with Gasteiger partial charge in [-0.15, -0.1) is 0 Å². The van der Waals surface area contributed by atoms with Gasteiger partial charge in [-0.05, 0) is 37.1 Å². The van der Waals surface area contributed by atoms with Crippen LogP contribution < -0.4 is 5.32 Å². The number of rotatable bonds is 5. The van der Waals surface area contributed by atoms with Gasteiger partial charge >= 0.3 is 0 Å². The van der Waals surface area contributed by atoms with Crippen LogP contribution in [0.4, 0.5) is 20.2 Å². The second kappa shape index (κ2) is 8.62. The molecule has 1 fully saturated rings. The number of carbonyl (C=O) groups excluding carboxylic acids is 1. The van der Waals surface area contributed by atoms with E-state index in [0.29, 0.717) is 6.07 Å². The molecule has 1 N–H and O–H groups in total. The van der Waals surface area contributed by atoms with Crippen LogP contribution in [0.1, 0.15) is 12.8 Å². The van der Waals surface area contributed by atoms with Crippen molar-refractivity contribution in [3.05, 3.63) is 63.2 Å². The third-order valence-electron chi connectivity index (χ3n) is 4.77. The Labute approximate surface area is 175 Å². The summed E-state index contributed by atoms with van der Waals surface area (Å²) in [4.78, 5) is 22.3. The van der Waals surface area contributed by atoms with Crippen LogP contribution in [0.25, 0.3) is 0 Å². The van der Waals surface area contributed by atoms with Gasteiger partial charge in [0, 0.05) is 31.1 Å². The number of hydrogen-bond donors (Lipinski definition) is 1. The lowest BCUT2D eigenvalue weighted by atomic mass is 9.97. The van der Waals surface area contributed by atoms with Gasteiger partial charge in [-0.2, -0.15) is 4.31 Å². The van der Waals surface area contributed by atoms with E-state index in [1.54, 1.807) is 0 Å². The Balaban J connectivity index is 1.68. The van der Waals surface area contributed by atoms with Crippen molar-refractivity contribution in [1.29, 1.82) is 0 Å². The van der Waals surface area contributed by atoms with Crippen LogP contribution in [-0.2, 0) is 14.8 Å². The van der Waals surface area contributed by atoms with E-state index in [-0.39, 0.29) is 41.5 Å². The van der Waals surface area contributed by atoms with Crippen LogP contribution in [0.3, 0.4) is 0 Å². The van der Waals surface area contributed by atoms with Crippen molar-refractivity contribution < 1.29 is 26.9 Å². The van der Waals surface area contributed by atoms with Crippen LogP contribution in [0.15, 0.2) is 41.3 Å². The van der Waals surface area contributed by atoms with Crippen LogP contribution in [0.2, 0.25) is 5.02 Å². The van der Waals surface area contributed by atoms with Crippen molar-refractivity contribution in [2.45, 2.75) is 17.7 Å². The number of amides is 1. The Hall–Kier alpha value is -2.63. The maximum absolute atomic E-state index is 13.7. The zero-order valence-corrected chi connectivity index (χ0v) is 16.9. The summed E-state index contributed by atoms with van der Waals surface area (Å²) in [5.41, 5.74) is -0.682. The van der Waals surface area contributed by atoms with E-state index in [9.17, 15) is 32.1 Å². The molecule has 1 amide bonds. The largest absolute Gasteiger partial charge is 0.323 e. The van der Waals surface area contributed by atoms with Crippen molar-refractivity contribution in [3.8, 4) is 0 Å². The highest BCUT2D eigenvalue weighted by molar-refractivity contribution is 7.89. The molecule has 0 aliphatic carbocycles. The molecule has 1 aliphatic heterocycles. The van der Waals surface area contributed by atoms with E-state index in [1.807, 2.05) is 0 Å². The molecule has 0 aromatic heterocycles. The topological polar surface area (TPSA) is 110 Å². The van der Waals surface area contributed by atoms with Crippen molar-refractivity contribution >= 4 is 38.9 Å². The minimum absolute atomic E-state index is 0.00272. The third-order valence-corrected chi connectivity index (χ3v) is 6.98. The SMILES string of the molecule is O=C(Nc1ccc(F)cc1F)C1CCN(S(=O)(=O)c2ccc(Cl)c([N+](=O)[O-])c2)CC1. The highest BCUT2D eigenvalue weighted by Crippen LogP contribution is 2.30. The van der Waals surface area contributed by atoms with Crippen LogP contribution in [-0.4, -0.2) is 36.6 Å². The first-order valence-electron chi connectivity index (χ1n) is 8.79. The summed E-state index contributed by atoms with van der Waals surface area (Å²) >= 11 is 5.73. The van der Waals surface area contributed by atoms with Gasteiger partial charge in [-0.3, -0.25) is 14.9 Å². The molecule has 1 heterocycles. The summed E-state index contributed by atoms with van der Waals surface area (Å²) in [6, 6.07) is 5.99. The summed E-state index contributed by atoms with van der Waals surface area (Å²) in [5, 5.41) is 13.2. The van der Waals surface area contributed by atoms with Gasteiger partial charge in [0.05, 0.1) is 15.5 Å². The maximum atomic E-state index is 13.7. The van der Waals surface area contributed by atoms with Crippen LogP contribution >= 0.6 is 11.6 Å². The second-order valence-corrected chi connectivity index (χ2v) is 9.01. The Morgan fingerprint density at radius 1 is 1.17 bits per heavy atom. The zero-order valence-electron chi connectivity index (χ0n) is 15.3. The summed E-state index contributed by atoms with van der Waals surface area (Å²) in [6.07, 6.45) is 0.340. The van der Waals surface area contributed by atoms with Gasteiger partial charge in [0.15, 0.2) is 0 Å². The first kappa shape index (κ1) is 22.1. The van der Waals surface area contributed by atoms with Crippen molar-refractivity contribution in [2.75, 3.05) is 18.4 Å². The highest BCUT2D eigenvalue weighted by atomic mass is 35.5. The quantitative estimate of drug-likeness (QED) is 0.543. The van der Waals surface area contributed by atoms with Gasteiger partial charge in [-0.1, -0.05) is 11.6 Å². The molecule has 0 unspecified atom stereocenters. The molecule has 12 heteroatoms. The number of nitro groups is 1. The molecular weight excluding hydrogens is 444 g/mol. The first-order chi connectivity index (χ1) is 14.1. The first-order valence-corrected chi connectivity index (χ1v) is 10.6. The smallest absolute Gasteiger partial charge is 0.289 e. The van der Waals surface area contributed by atoms with Crippen LogP contribution in [0, 0.1) is 27.7 Å². The monoisotopic (exact) mass is 459 g/mol. The molecular formula is C18H16ClF2N3O5S. The molecule has 0 atom stereocenters. The molecule has 0 bridgehead atoms. The highest BCUT2D eigenvalue weighted by Gasteiger charge is 2.33. The fourth-order valence-corrected chi connectivity index (χ4v) is 4.80. The molecule has 30 heavy (non-hydrogen) atoms. The molecule has 1 saturated heterocycles. The number of anilines is 1. The number of piperidine rings is 1. The number of carbonyl (C=O) groups is 1. The van der Waals surface area contributed by atoms with Gasteiger partial charge < -0.3 is 5.32 Å². The molecule has 160 valence electrons. The number of benzene rings is 2. The lowest BCUT2D eigenvalue weighted by Crippen LogP contribution is -2.41. The number of nitro benzene ring substituents is 1. The van der Waals surface area contributed by atoms with Crippen LogP contribution in [0.5, 0.6) is 0 Å². The summed E-state index contributed by atoms with van der Waals surface area (Å²) in [7, 11) is -4.02. The predicted molar refractivity (Wildman–Crippen MR) is 105 cm³/mol. The molecule has 0 saturated carbocycles.